The van der Waals surface area contributed by atoms with Crippen LogP contribution in [0.15, 0.2) is 25.3 Å². The number of hydrogen-bond acceptors (Lipinski definition) is 3. The molecule has 0 unspecified atom stereocenters. The molecule has 0 aliphatic rings. The number of esters is 1. The summed E-state index contributed by atoms with van der Waals surface area (Å²) in [6.07, 6.45) is 5.00. The van der Waals surface area contributed by atoms with Gasteiger partial charge in [-0.2, -0.15) is 0 Å². The Morgan fingerprint density at radius 3 is 2.69 bits per heavy atom. The molecule has 74 valence electrons. The Balaban J connectivity index is 3.92. The molecule has 0 bridgehead atoms. The van der Waals surface area contributed by atoms with Crippen molar-refractivity contribution in [2.24, 2.45) is 0 Å². The van der Waals surface area contributed by atoms with Crippen molar-refractivity contribution in [3.8, 4) is 0 Å². The van der Waals surface area contributed by atoms with E-state index in [0.717, 1.165) is 6.42 Å². The van der Waals surface area contributed by atoms with Crippen LogP contribution >= 0.6 is 0 Å². The van der Waals surface area contributed by atoms with E-state index in [1.165, 1.54) is 7.11 Å². The second-order valence-electron chi connectivity index (χ2n) is 2.64. The quantitative estimate of drug-likeness (QED) is 0.477. The third kappa shape index (κ3) is 5.20. The van der Waals surface area contributed by atoms with Gasteiger partial charge in [0, 0.05) is 6.54 Å². The first-order valence-electron chi connectivity index (χ1n) is 4.29. The van der Waals surface area contributed by atoms with E-state index in [0.29, 0.717) is 13.0 Å². The lowest BCUT2D eigenvalue weighted by Gasteiger charge is -2.13. The van der Waals surface area contributed by atoms with Crippen molar-refractivity contribution in [1.82, 2.24) is 5.32 Å². The maximum atomic E-state index is 11.2. The van der Waals surface area contributed by atoms with Crippen LogP contribution in [0.3, 0.4) is 0 Å². The zero-order valence-corrected chi connectivity index (χ0v) is 8.08. The Bertz CT molecular complexity index is 166. The zero-order chi connectivity index (χ0) is 10.1. The molecule has 1 N–H and O–H groups in total. The van der Waals surface area contributed by atoms with Crippen LogP contribution in [0.4, 0.5) is 0 Å². The minimum Gasteiger partial charge on any atom is -0.468 e. The molecule has 0 amide bonds. The van der Waals surface area contributed by atoms with E-state index in [9.17, 15) is 4.79 Å². The van der Waals surface area contributed by atoms with Gasteiger partial charge in [0.1, 0.15) is 6.04 Å². The van der Waals surface area contributed by atoms with Crippen LogP contribution < -0.4 is 5.32 Å². The van der Waals surface area contributed by atoms with Gasteiger partial charge in [0.05, 0.1) is 7.11 Å². The standard InChI is InChI=1S/C10H17NO2/c1-4-6-7-9(10(12)13-3)11-8-5-2/h4-5,9,11H,1-2,6-8H2,3H3/t9-/m0/s1. The van der Waals surface area contributed by atoms with Crippen molar-refractivity contribution in [1.29, 1.82) is 0 Å². The monoisotopic (exact) mass is 183 g/mol. The van der Waals surface area contributed by atoms with Gasteiger partial charge in [-0.15, -0.1) is 13.2 Å². The third-order valence-electron chi connectivity index (χ3n) is 1.65. The molecule has 0 saturated carbocycles. The van der Waals surface area contributed by atoms with Crippen LogP contribution in [0.1, 0.15) is 12.8 Å². The molecule has 0 aliphatic carbocycles. The lowest BCUT2D eigenvalue weighted by atomic mass is 10.1. The van der Waals surface area contributed by atoms with Gasteiger partial charge < -0.3 is 10.1 Å². The summed E-state index contributed by atoms with van der Waals surface area (Å²) < 4.78 is 4.64. The average molecular weight is 183 g/mol. The maximum Gasteiger partial charge on any atom is 0.322 e. The van der Waals surface area contributed by atoms with Crippen molar-refractivity contribution >= 4 is 5.97 Å². The Hall–Kier alpha value is -1.09. The molecular formula is C10H17NO2. The van der Waals surface area contributed by atoms with Crippen LogP contribution in [-0.2, 0) is 9.53 Å². The minimum absolute atomic E-state index is 0.233. The van der Waals surface area contributed by atoms with E-state index < -0.39 is 0 Å². The van der Waals surface area contributed by atoms with Gasteiger partial charge in [-0.25, -0.2) is 0 Å². The summed E-state index contributed by atoms with van der Waals surface area (Å²) in [4.78, 5) is 11.2. The summed E-state index contributed by atoms with van der Waals surface area (Å²) in [5, 5.41) is 3.01. The number of carbonyl (C=O) groups excluding carboxylic acids is 1. The molecule has 0 fully saturated rings. The lowest BCUT2D eigenvalue weighted by Crippen LogP contribution is -2.37. The maximum absolute atomic E-state index is 11.2. The predicted molar refractivity (Wildman–Crippen MR) is 53.4 cm³/mol. The number of rotatable bonds is 7. The number of carbonyl (C=O) groups is 1. The molecule has 0 aromatic carbocycles. The smallest absolute Gasteiger partial charge is 0.322 e. The van der Waals surface area contributed by atoms with Crippen molar-refractivity contribution in [3.63, 3.8) is 0 Å². The summed E-state index contributed by atoms with van der Waals surface area (Å²) in [5.41, 5.74) is 0. The first-order chi connectivity index (χ1) is 6.26. The molecular weight excluding hydrogens is 166 g/mol. The van der Waals surface area contributed by atoms with E-state index in [-0.39, 0.29) is 12.0 Å². The summed E-state index contributed by atoms with van der Waals surface area (Å²) in [6, 6.07) is -0.249. The Kier molecular flexibility index (Phi) is 6.92. The van der Waals surface area contributed by atoms with Crippen molar-refractivity contribution < 1.29 is 9.53 Å². The average Bonchev–Trinajstić information content (AvgIpc) is 2.17. The van der Waals surface area contributed by atoms with E-state index in [2.05, 4.69) is 23.2 Å². The van der Waals surface area contributed by atoms with E-state index >= 15 is 0 Å². The van der Waals surface area contributed by atoms with Crippen LogP contribution in [0.5, 0.6) is 0 Å². The number of ether oxygens (including phenoxy) is 1. The highest BCUT2D eigenvalue weighted by atomic mass is 16.5. The van der Waals surface area contributed by atoms with Crippen LogP contribution in [0.25, 0.3) is 0 Å². The molecule has 0 aliphatic heterocycles. The largest absolute Gasteiger partial charge is 0.468 e. The van der Waals surface area contributed by atoms with E-state index in [1.54, 1.807) is 12.2 Å². The molecule has 3 nitrogen and oxygen atoms in total. The summed E-state index contributed by atoms with van der Waals surface area (Å²) in [5.74, 6) is -0.233. The van der Waals surface area contributed by atoms with Gasteiger partial charge in [-0.3, -0.25) is 4.79 Å². The van der Waals surface area contributed by atoms with Crippen LogP contribution in [-0.4, -0.2) is 25.7 Å². The van der Waals surface area contributed by atoms with Crippen molar-refractivity contribution in [3.05, 3.63) is 25.3 Å². The topological polar surface area (TPSA) is 38.3 Å². The lowest BCUT2D eigenvalue weighted by molar-refractivity contribution is -0.143. The number of methoxy groups -OCH3 is 1. The molecule has 0 heterocycles. The molecule has 0 radical (unpaired) electrons. The van der Waals surface area contributed by atoms with Crippen molar-refractivity contribution in [2.75, 3.05) is 13.7 Å². The molecule has 1 atom stereocenters. The fraction of sp³-hybridized carbons (Fsp3) is 0.500. The third-order valence-corrected chi connectivity index (χ3v) is 1.65. The predicted octanol–water partition coefficient (Wildman–Crippen LogP) is 1.27. The molecule has 0 rings (SSSR count). The second-order valence-corrected chi connectivity index (χ2v) is 2.64. The summed E-state index contributed by atoms with van der Waals surface area (Å²) in [7, 11) is 1.39. The normalized spacial score (nSPS) is 11.8. The molecule has 0 aromatic heterocycles. The van der Waals surface area contributed by atoms with Gasteiger partial charge in [-0.1, -0.05) is 12.2 Å². The highest BCUT2D eigenvalue weighted by Crippen LogP contribution is 1.99. The van der Waals surface area contributed by atoms with Crippen molar-refractivity contribution in [2.45, 2.75) is 18.9 Å². The van der Waals surface area contributed by atoms with Gasteiger partial charge in [0.25, 0.3) is 0 Å². The molecule has 0 aromatic rings. The highest BCUT2D eigenvalue weighted by molar-refractivity contribution is 5.75. The number of nitrogens with one attached hydrogen (secondary N) is 1. The first kappa shape index (κ1) is 11.9. The Morgan fingerprint density at radius 1 is 1.54 bits per heavy atom. The molecule has 13 heavy (non-hydrogen) atoms. The minimum atomic E-state index is -0.249. The fourth-order valence-electron chi connectivity index (χ4n) is 0.956. The Labute approximate surface area is 79.5 Å². The highest BCUT2D eigenvalue weighted by Gasteiger charge is 2.16. The number of allylic oxidation sites excluding steroid dienone is 1. The van der Waals surface area contributed by atoms with Crippen LogP contribution in [0, 0.1) is 0 Å². The molecule has 0 spiro atoms. The van der Waals surface area contributed by atoms with Gasteiger partial charge >= 0.3 is 5.97 Å². The summed E-state index contributed by atoms with van der Waals surface area (Å²) in [6.45, 7) is 7.77. The van der Waals surface area contributed by atoms with Crippen LogP contribution in [0.2, 0.25) is 0 Å². The molecule has 3 heteroatoms. The summed E-state index contributed by atoms with van der Waals surface area (Å²) >= 11 is 0. The SMILES string of the molecule is C=CCC[C@H](NCC=C)C(=O)OC. The number of hydrogen-bond donors (Lipinski definition) is 1. The van der Waals surface area contributed by atoms with Gasteiger partial charge in [-0.05, 0) is 12.8 Å². The van der Waals surface area contributed by atoms with Gasteiger partial charge in [0.2, 0.25) is 0 Å². The van der Waals surface area contributed by atoms with E-state index in [1.807, 2.05) is 0 Å². The zero-order valence-electron chi connectivity index (χ0n) is 8.08. The fourth-order valence-corrected chi connectivity index (χ4v) is 0.956. The van der Waals surface area contributed by atoms with Gasteiger partial charge in [0.15, 0.2) is 0 Å². The Morgan fingerprint density at radius 2 is 2.23 bits per heavy atom. The van der Waals surface area contributed by atoms with E-state index in [4.69, 9.17) is 0 Å². The second kappa shape index (κ2) is 7.55. The molecule has 0 saturated heterocycles. The first-order valence-corrected chi connectivity index (χ1v) is 4.29.